The molecule has 0 spiro atoms. The van der Waals surface area contributed by atoms with Gasteiger partial charge in [-0.3, -0.25) is 4.79 Å². The Hall–Kier alpha value is -3.72. The van der Waals surface area contributed by atoms with Crippen LogP contribution in [0.15, 0.2) is 36.4 Å². The second kappa shape index (κ2) is 10.9. The van der Waals surface area contributed by atoms with Crippen molar-refractivity contribution in [3.63, 3.8) is 0 Å². The van der Waals surface area contributed by atoms with Crippen molar-refractivity contribution >= 4 is 23.6 Å². The summed E-state index contributed by atoms with van der Waals surface area (Å²) < 4.78 is 26.2. The Labute approximate surface area is 180 Å². The Morgan fingerprint density at radius 1 is 0.903 bits per heavy atom. The van der Waals surface area contributed by atoms with Gasteiger partial charge in [-0.05, 0) is 25.1 Å². The van der Waals surface area contributed by atoms with Gasteiger partial charge in [-0.1, -0.05) is 0 Å². The molecule has 31 heavy (non-hydrogen) atoms. The molecule has 9 heteroatoms. The van der Waals surface area contributed by atoms with Crippen molar-refractivity contribution in [1.29, 1.82) is 0 Å². The predicted octanol–water partition coefficient (Wildman–Crippen LogP) is 2.66. The standard InChI is InChI=1S/C22H25NO8/c1-13(24)22(26)31-20-10-14(6-8-17(20)28-3)23-21(25)9-7-16-18(29-4)11-15(27-2)12-19(16)30-5/h6-13,24H,1-5H3,(H,23,25). The molecule has 0 heterocycles. The highest BCUT2D eigenvalue weighted by Crippen LogP contribution is 2.35. The summed E-state index contributed by atoms with van der Waals surface area (Å²) in [6.45, 7) is 1.28. The molecule has 0 bridgehead atoms. The Balaban J connectivity index is 2.23. The highest BCUT2D eigenvalue weighted by atomic mass is 16.6. The number of aliphatic hydroxyl groups excluding tert-OH is 1. The number of nitrogens with one attached hydrogen (secondary N) is 1. The van der Waals surface area contributed by atoms with Crippen LogP contribution in [-0.2, 0) is 9.59 Å². The van der Waals surface area contributed by atoms with Gasteiger partial charge in [-0.25, -0.2) is 4.79 Å². The number of benzene rings is 2. The van der Waals surface area contributed by atoms with E-state index in [2.05, 4.69) is 5.32 Å². The van der Waals surface area contributed by atoms with Crippen LogP contribution >= 0.6 is 0 Å². The van der Waals surface area contributed by atoms with Gasteiger partial charge in [0, 0.05) is 30.0 Å². The molecule has 9 nitrogen and oxygen atoms in total. The minimum absolute atomic E-state index is 0.0636. The average molecular weight is 431 g/mol. The van der Waals surface area contributed by atoms with Crippen LogP contribution in [0, 0.1) is 0 Å². The van der Waals surface area contributed by atoms with E-state index in [1.54, 1.807) is 24.3 Å². The normalized spacial score (nSPS) is 11.5. The van der Waals surface area contributed by atoms with Gasteiger partial charge in [-0.15, -0.1) is 0 Å². The van der Waals surface area contributed by atoms with E-state index in [0.29, 0.717) is 28.5 Å². The summed E-state index contributed by atoms with van der Waals surface area (Å²) in [6.07, 6.45) is 1.54. The molecular formula is C22H25NO8. The van der Waals surface area contributed by atoms with Crippen LogP contribution in [-0.4, -0.2) is 51.5 Å². The molecule has 0 aromatic heterocycles. The summed E-state index contributed by atoms with van der Waals surface area (Å²) in [5, 5.41) is 12.0. The maximum atomic E-state index is 12.4. The quantitative estimate of drug-likeness (QED) is 0.354. The van der Waals surface area contributed by atoms with Gasteiger partial charge in [0.25, 0.3) is 0 Å². The van der Waals surface area contributed by atoms with Crippen molar-refractivity contribution in [1.82, 2.24) is 0 Å². The molecule has 0 radical (unpaired) electrons. The van der Waals surface area contributed by atoms with Gasteiger partial charge < -0.3 is 34.1 Å². The first-order chi connectivity index (χ1) is 14.8. The molecule has 0 saturated heterocycles. The van der Waals surface area contributed by atoms with Crippen molar-refractivity contribution in [3.8, 4) is 28.7 Å². The molecule has 1 amide bonds. The SMILES string of the molecule is COc1cc(OC)c(C=CC(=O)Nc2ccc(OC)c(OC(=O)C(C)O)c2)c(OC)c1. The molecule has 0 aliphatic carbocycles. The summed E-state index contributed by atoms with van der Waals surface area (Å²) in [5.74, 6) is 0.532. The van der Waals surface area contributed by atoms with Crippen molar-refractivity contribution in [2.75, 3.05) is 33.8 Å². The predicted molar refractivity (Wildman–Crippen MR) is 114 cm³/mol. The number of rotatable bonds is 9. The second-order valence-corrected chi connectivity index (χ2v) is 6.23. The number of carbonyl (C=O) groups is 2. The first kappa shape index (κ1) is 23.6. The topological polar surface area (TPSA) is 113 Å². The first-order valence-corrected chi connectivity index (χ1v) is 9.19. The summed E-state index contributed by atoms with van der Waals surface area (Å²) in [6, 6.07) is 7.87. The average Bonchev–Trinajstić information content (AvgIpc) is 2.77. The van der Waals surface area contributed by atoms with Crippen LogP contribution in [0.3, 0.4) is 0 Å². The Morgan fingerprint density at radius 3 is 2.03 bits per heavy atom. The van der Waals surface area contributed by atoms with Crippen LogP contribution < -0.4 is 29.0 Å². The van der Waals surface area contributed by atoms with E-state index in [9.17, 15) is 14.7 Å². The molecule has 0 fully saturated rings. The monoisotopic (exact) mass is 431 g/mol. The molecule has 1 unspecified atom stereocenters. The van der Waals surface area contributed by atoms with Crippen molar-refractivity contribution in [2.24, 2.45) is 0 Å². The Kier molecular flexibility index (Phi) is 8.27. The number of methoxy groups -OCH3 is 4. The maximum Gasteiger partial charge on any atom is 0.340 e. The molecule has 1 atom stereocenters. The summed E-state index contributed by atoms with van der Waals surface area (Å²) in [4.78, 5) is 24.1. The molecule has 0 aliphatic rings. The number of carbonyl (C=O) groups excluding carboxylic acids is 2. The molecule has 2 N–H and O–H groups in total. The van der Waals surface area contributed by atoms with Crippen LogP contribution in [0.25, 0.3) is 6.08 Å². The summed E-state index contributed by atoms with van der Waals surface area (Å²) >= 11 is 0. The maximum absolute atomic E-state index is 12.4. The van der Waals surface area contributed by atoms with Crippen molar-refractivity contribution in [3.05, 3.63) is 42.0 Å². The lowest BCUT2D eigenvalue weighted by molar-refractivity contribution is -0.142. The van der Waals surface area contributed by atoms with Crippen molar-refractivity contribution < 1.29 is 38.4 Å². The number of esters is 1. The zero-order valence-corrected chi connectivity index (χ0v) is 17.9. The number of aliphatic hydroxyl groups is 1. The van der Waals surface area contributed by atoms with Gasteiger partial charge >= 0.3 is 5.97 Å². The van der Waals surface area contributed by atoms with Crippen LogP contribution in [0.2, 0.25) is 0 Å². The lowest BCUT2D eigenvalue weighted by atomic mass is 10.1. The van der Waals surface area contributed by atoms with E-state index in [4.69, 9.17) is 23.7 Å². The van der Waals surface area contributed by atoms with E-state index >= 15 is 0 Å². The highest BCUT2D eigenvalue weighted by molar-refractivity contribution is 6.02. The molecule has 0 aliphatic heterocycles. The molecule has 0 saturated carbocycles. The van der Waals surface area contributed by atoms with Gasteiger partial charge in [0.2, 0.25) is 5.91 Å². The fraction of sp³-hybridized carbons (Fsp3) is 0.273. The van der Waals surface area contributed by atoms with Crippen LogP contribution in [0.5, 0.6) is 28.7 Å². The van der Waals surface area contributed by atoms with Gasteiger partial charge in [0.05, 0.1) is 34.0 Å². The second-order valence-electron chi connectivity index (χ2n) is 6.23. The first-order valence-electron chi connectivity index (χ1n) is 9.19. The van der Waals surface area contributed by atoms with Gasteiger partial charge in [0.15, 0.2) is 11.5 Å². The van der Waals surface area contributed by atoms with Gasteiger partial charge in [0.1, 0.15) is 23.4 Å². The fourth-order valence-electron chi connectivity index (χ4n) is 2.57. The number of anilines is 1. The van der Waals surface area contributed by atoms with Gasteiger partial charge in [-0.2, -0.15) is 0 Å². The number of hydrogen-bond acceptors (Lipinski definition) is 8. The van der Waals surface area contributed by atoms with E-state index in [0.717, 1.165) is 0 Å². The number of amides is 1. The van der Waals surface area contributed by atoms with Crippen molar-refractivity contribution in [2.45, 2.75) is 13.0 Å². The third-order valence-corrected chi connectivity index (χ3v) is 4.14. The zero-order valence-electron chi connectivity index (χ0n) is 17.9. The third-order valence-electron chi connectivity index (χ3n) is 4.14. The third kappa shape index (κ3) is 6.13. The minimum Gasteiger partial charge on any atom is -0.496 e. The van der Waals surface area contributed by atoms with E-state index < -0.39 is 18.0 Å². The zero-order chi connectivity index (χ0) is 23.0. The number of ether oxygens (including phenoxy) is 5. The van der Waals surface area contributed by atoms with E-state index in [-0.39, 0.29) is 11.5 Å². The summed E-state index contributed by atoms with van der Waals surface area (Å²) in [5.41, 5.74) is 0.916. The fourth-order valence-corrected chi connectivity index (χ4v) is 2.57. The molecule has 2 aromatic carbocycles. The molecular weight excluding hydrogens is 406 g/mol. The highest BCUT2D eigenvalue weighted by Gasteiger charge is 2.16. The lowest BCUT2D eigenvalue weighted by Crippen LogP contribution is -2.22. The molecule has 166 valence electrons. The van der Waals surface area contributed by atoms with E-state index in [1.165, 1.54) is 53.6 Å². The lowest BCUT2D eigenvalue weighted by Gasteiger charge is -2.13. The summed E-state index contributed by atoms with van der Waals surface area (Å²) in [7, 11) is 5.93. The van der Waals surface area contributed by atoms with E-state index in [1.807, 2.05) is 0 Å². The minimum atomic E-state index is -1.31. The largest absolute Gasteiger partial charge is 0.496 e. The Morgan fingerprint density at radius 2 is 1.52 bits per heavy atom. The Bertz CT molecular complexity index is 943. The molecule has 2 aromatic rings. The smallest absolute Gasteiger partial charge is 0.340 e. The number of hydrogen-bond donors (Lipinski definition) is 2. The molecule has 2 rings (SSSR count). The van der Waals surface area contributed by atoms with Crippen LogP contribution in [0.4, 0.5) is 5.69 Å². The van der Waals surface area contributed by atoms with Crippen LogP contribution in [0.1, 0.15) is 12.5 Å².